The van der Waals surface area contributed by atoms with Crippen molar-refractivity contribution in [1.29, 1.82) is 0 Å². The van der Waals surface area contributed by atoms with Gasteiger partial charge in [-0.15, -0.1) is 0 Å². The van der Waals surface area contributed by atoms with E-state index < -0.39 is 25.9 Å². The molecular formula is C14H14ClFN2O4S2. The number of anilines is 1. The summed E-state index contributed by atoms with van der Waals surface area (Å²) in [7, 11) is -8.09. The van der Waals surface area contributed by atoms with Crippen LogP contribution in [-0.4, -0.2) is 16.8 Å². The molecule has 2 rings (SSSR count). The van der Waals surface area contributed by atoms with Gasteiger partial charge in [0.2, 0.25) is 10.0 Å². The molecule has 6 nitrogen and oxygen atoms in total. The third-order valence-electron chi connectivity index (χ3n) is 3.42. The number of primary sulfonamides is 1. The predicted molar refractivity (Wildman–Crippen MR) is 89.5 cm³/mol. The lowest BCUT2D eigenvalue weighted by molar-refractivity contribution is 0.595. The maximum absolute atomic E-state index is 13.2. The first-order valence-electron chi connectivity index (χ1n) is 6.54. The fraction of sp³-hybridized carbons (Fsp3) is 0.143. The van der Waals surface area contributed by atoms with Crippen molar-refractivity contribution >= 4 is 37.3 Å². The van der Waals surface area contributed by atoms with Crippen LogP contribution >= 0.6 is 11.6 Å². The molecule has 0 aliphatic heterocycles. The minimum Gasteiger partial charge on any atom is -0.279 e. The molecule has 0 aliphatic carbocycles. The number of aryl methyl sites for hydroxylation is 1. The van der Waals surface area contributed by atoms with Gasteiger partial charge in [-0.25, -0.2) is 26.4 Å². The molecule has 130 valence electrons. The van der Waals surface area contributed by atoms with Gasteiger partial charge < -0.3 is 0 Å². The van der Waals surface area contributed by atoms with Gasteiger partial charge in [0.1, 0.15) is 5.82 Å². The molecule has 0 saturated heterocycles. The summed E-state index contributed by atoms with van der Waals surface area (Å²) in [6, 6.07) is 5.41. The van der Waals surface area contributed by atoms with Crippen LogP contribution in [0.15, 0.2) is 40.1 Å². The van der Waals surface area contributed by atoms with Crippen molar-refractivity contribution < 1.29 is 21.2 Å². The first-order chi connectivity index (χ1) is 10.9. The molecule has 0 fully saturated rings. The van der Waals surface area contributed by atoms with Crippen molar-refractivity contribution in [2.75, 3.05) is 4.72 Å². The van der Waals surface area contributed by atoms with E-state index >= 15 is 0 Å². The Morgan fingerprint density at radius 3 is 2.21 bits per heavy atom. The number of benzene rings is 2. The van der Waals surface area contributed by atoms with E-state index in [2.05, 4.69) is 4.72 Å². The fourth-order valence-corrected chi connectivity index (χ4v) is 3.95. The quantitative estimate of drug-likeness (QED) is 0.833. The zero-order valence-corrected chi connectivity index (χ0v) is 15.1. The van der Waals surface area contributed by atoms with E-state index in [0.29, 0.717) is 11.1 Å². The van der Waals surface area contributed by atoms with Crippen LogP contribution in [0, 0.1) is 19.7 Å². The number of nitrogens with one attached hydrogen (secondary N) is 1. The number of hydrogen-bond donors (Lipinski definition) is 2. The van der Waals surface area contributed by atoms with Gasteiger partial charge in [0, 0.05) is 0 Å². The highest BCUT2D eigenvalue weighted by Gasteiger charge is 2.19. The lowest BCUT2D eigenvalue weighted by Crippen LogP contribution is -2.17. The van der Waals surface area contributed by atoms with Gasteiger partial charge in [0.15, 0.2) is 0 Å². The van der Waals surface area contributed by atoms with E-state index in [1.165, 1.54) is 6.07 Å². The van der Waals surface area contributed by atoms with Crippen LogP contribution < -0.4 is 9.86 Å². The summed E-state index contributed by atoms with van der Waals surface area (Å²) in [6.07, 6.45) is 0. The van der Waals surface area contributed by atoms with Crippen molar-refractivity contribution in [3.63, 3.8) is 0 Å². The lowest BCUT2D eigenvalue weighted by atomic mass is 10.1. The zero-order valence-electron chi connectivity index (χ0n) is 12.7. The maximum Gasteiger partial charge on any atom is 0.261 e. The molecule has 2 aromatic rings. The Bertz CT molecular complexity index is 1020. The molecule has 24 heavy (non-hydrogen) atoms. The van der Waals surface area contributed by atoms with Gasteiger partial charge in [-0.05, 0) is 55.3 Å². The van der Waals surface area contributed by atoms with Crippen LogP contribution in [0.5, 0.6) is 0 Å². The summed E-state index contributed by atoms with van der Waals surface area (Å²) in [4.78, 5) is -0.479. The number of halogens is 2. The number of nitrogens with two attached hydrogens (primary N) is 1. The van der Waals surface area contributed by atoms with E-state index in [9.17, 15) is 21.2 Å². The predicted octanol–water partition coefficient (Wildman–Crippen LogP) is 2.54. The SMILES string of the molecule is Cc1cc(S(N)(=O)=O)cc(NS(=O)(=O)c2ccc(F)c(Cl)c2)c1C. The highest BCUT2D eigenvalue weighted by molar-refractivity contribution is 7.92. The number of rotatable bonds is 4. The van der Waals surface area contributed by atoms with Crippen LogP contribution in [0.1, 0.15) is 11.1 Å². The first kappa shape index (κ1) is 18.7. The topological polar surface area (TPSA) is 106 Å². The Morgan fingerprint density at radius 1 is 1.04 bits per heavy atom. The van der Waals surface area contributed by atoms with E-state index in [4.69, 9.17) is 16.7 Å². The zero-order chi connectivity index (χ0) is 18.3. The normalized spacial score (nSPS) is 12.2. The van der Waals surface area contributed by atoms with Gasteiger partial charge >= 0.3 is 0 Å². The van der Waals surface area contributed by atoms with E-state index in [0.717, 1.165) is 24.3 Å². The third kappa shape index (κ3) is 3.86. The molecule has 0 amide bonds. The summed E-state index contributed by atoms with van der Waals surface area (Å²) in [5.41, 5.74) is 1.12. The average Bonchev–Trinajstić information content (AvgIpc) is 2.45. The molecular weight excluding hydrogens is 379 g/mol. The van der Waals surface area contributed by atoms with Gasteiger partial charge in [-0.2, -0.15) is 0 Å². The summed E-state index contributed by atoms with van der Waals surface area (Å²) < 4.78 is 63.3. The van der Waals surface area contributed by atoms with Crippen molar-refractivity contribution in [2.45, 2.75) is 23.6 Å². The largest absolute Gasteiger partial charge is 0.279 e. The van der Waals surface area contributed by atoms with Crippen LogP contribution in [0.4, 0.5) is 10.1 Å². The van der Waals surface area contributed by atoms with E-state index in [1.807, 2.05) is 0 Å². The van der Waals surface area contributed by atoms with Gasteiger partial charge in [-0.3, -0.25) is 4.72 Å². The molecule has 0 spiro atoms. The lowest BCUT2D eigenvalue weighted by Gasteiger charge is -2.14. The third-order valence-corrected chi connectivity index (χ3v) is 5.96. The van der Waals surface area contributed by atoms with Crippen molar-refractivity contribution in [2.24, 2.45) is 5.14 Å². The molecule has 3 N–H and O–H groups in total. The van der Waals surface area contributed by atoms with Crippen molar-refractivity contribution in [3.05, 3.63) is 52.3 Å². The Kier molecular flexibility index (Phi) is 4.91. The van der Waals surface area contributed by atoms with E-state index in [1.54, 1.807) is 13.8 Å². The molecule has 0 heterocycles. The fourth-order valence-electron chi connectivity index (χ4n) is 1.94. The number of hydrogen-bond acceptors (Lipinski definition) is 4. The molecule has 0 atom stereocenters. The van der Waals surface area contributed by atoms with Gasteiger partial charge in [-0.1, -0.05) is 11.6 Å². The van der Waals surface area contributed by atoms with Crippen molar-refractivity contribution in [1.82, 2.24) is 0 Å². The molecule has 0 bridgehead atoms. The van der Waals surface area contributed by atoms with Crippen LogP contribution in [0.3, 0.4) is 0 Å². The minimum atomic E-state index is -4.09. The second-order valence-electron chi connectivity index (χ2n) is 5.14. The molecule has 0 radical (unpaired) electrons. The Hall–Kier alpha value is -1.68. The highest BCUT2D eigenvalue weighted by atomic mass is 35.5. The van der Waals surface area contributed by atoms with Crippen LogP contribution in [0.25, 0.3) is 0 Å². The second kappa shape index (κ2) is 6.32. The van der Waals surface area contributed by atoms with Crippen LogP contribution in [0.2, 0.25) is 5.02 Å². The van der Waals surface area contributed by atoms with Crippen LogP contribution in [-0.2, 0) is 20.0 Å². The maximum atomic E-state index is 13.2. The summed E-state index contributed by atoms with van der Waals surface area (Å²) in [6.45, 7) is 3.24. The smallest absolute Gasteiger partial charge is 0.261 e. The standard InChI is InChI=1S/C14H14ClFN2O4S2/c1-8-5-11(23(17,19)20)7-14(9(8)2)18-24(21,22)10-3-4-13(16)12(15)6-10/h3-7,18H,1-2H3,(H2,17,19,20). The average molecular weight is 393 g/mol. The molecule has 0 saturated carbocycles. The van der Waals surface area contributed by atoms with E-state index in [-0.39, 0.29) is 20.5 Å². The highest BCUT2D eigenvalue weighted by Crippen LogP contribution is 2.27. The van der Waals surface area contributed by atoms with Gasteiger partial charge in [0.25, 0.3) is 10.0 Å². The number of sulfonamides is 2. The minimum absolute atomic E-state index is 0.0551. The van der Waals surface area contributed by atoms with Crippen molar-refractivity contribution in [3.8, 4) is 0 Å². The summed E-state index contributed by atoms with van der Waals surface area (Å²) in [5.74, 6) is -0.751. The monoisotopic (exact) mass is 392 g/mol. The second-order valence-corrected chi connectivity index (χ2v) is 8.79. The molecule has 0 aromatic heterocycles. The van der Waals surface area contributed by atoms with Gasteiger partial charge in [0.05, 0.1) is 20.5 Å². The molecule has 10 heteroatoms. The summed E-state index contributed by atoms with van der Waals surface area (Å²) in [5, 5.41) is 4.75. The Morgan fingerprint density at radius 2 is 1.67 bits per heavy atom. The summed E-state index contributed by atoms with van der Waals surface area (Å²) >= 11 is 5.60. The Labute approximate surface area is 144 Å². The molecule has 0 aliphatic rings. The molecule has 0 unspecified atom stereocenters. The first-order valence-corrected chi connectivity index (χ1v) is 9.94. The molecule has 2 aromatic carbocycles. The Balaban J connectivity index is 2.53.